The van der Waals surface area contributed by atoms with Crippen molar-refractivity contribution >= 4 is 34.7 Å². The zero-order valence-corrected chi connectivity index (χ0v) is 12.7. The van der Waals surface area contributed by atoms with Gasteiger partial charge in [0.25, 0.3) is 0 Å². The molecule has 5 heteroatoms. The summed E-state index contributed by atoms with van der Waals surface area (Å²) in [7, 11) is 0. The Balaban J connectivity index is 1.93. The molecule has 0 unspecified atom stereocenters. The maximum absolute atomic E-state index is 11.7. The molecule has 0 bridgehead atoms. The van der Waals surface area contributed by atoms with Crippen molar-refractivity contribution in [1.82, 2.24) is 5.43 Å². The van der Waals surface area contributed by atoms with E-state index >= 15 is 0 Å². The van der Waals surface area contributed by atoms with Crippen molar-refractivity contribution < 1.29 is 9.90 Å². The Bertz CT molecular complexity index is 627. The number of aromatic hydroxyl groups is 1. The molecule has 2 aromatic rings. The van der Waals surface area contributed by atoms with Crippen LogP contribution in [0.1, 0.15) is 11.1 Å². The van der Waals surface area contributed by atoms with E-state index in [-0.39, 0.29) is 18.1 Å². The molecule has 0 saturated carbocycles. The summed E-state index contributed by atoms with van der Waals surface area (Å²) in [6, 6.07) is 14.6. The second-order valence-corrected chi connectivity index (χ2v) is 5.40. The highest BCUT2D eigenvalue weighted by atomic mass is 127. The van der Waals surface area contributed by atoms with Crippen LogP contribution in [0.2, 0.25) is 0 Å². The number of hydrazone groups is 1. The molecule has 0 saturated heterocycles. The SMILES string of the molecule is O=C(Cc1ccccc1)NN=Cc1cc(I)ccc1O. The van der Waals surface area contributed by atoms with Crippen LogP contribution in [0.4, 0.5) is 0 Å². The summed E-state index contributed by atoms with van der Waals surface area (Å²) in [6.45, 7) is 0. The summed E-state index contributed by atoms with van der Waals surface area (Å²) in [5.74, 6) is -0.0657. The highest BCUT2D eigenvalue weighted by Crippen LogP contribution is 2.17. The average molecular weight is 380 g/mol. The molecular weight excluding hydrogens is 367 g/mol. The van der Waals surface area contributed by atoms with Gasteiger partial charge in [-0.2, -0.15) is 5.10 Å². The van der Waals surface area contributed by atoms with E-state index in [2.05, 4.69) is 33.1 Å². The molecule has 2 N–H and O–H groups in total. The molecule has 0 fully saturated rings. The summed E-state index contributed by atoms with van der Waals surface area (Å²) < 4.78 is 0.984. The smallest absolute Gasteiger partial charge is 0.244 e. The number of carbonyl (C=O) groups excluding carboxylic acids is 1. The van der Waals surface area contributed by atoms with E-state index in [1.54, 1.807) is 18.2 Å². The minimum absolute atomic E-state index is 0.131. The third-order valence-corrected chi connectivity index (χ3v) is 3.26. The van der Waals surface area contributed by atoms with Gasteiger partial charge < -0.3 is 5.11 Å². The van der Waals surface area contributed by atoms with Gasteiger partial charge in [0.2, 0.25) is 5.91 Å². The Morgan fingerprint density at radius 3 is 2.75 bits per heavy atom. The van der Waals surface area contributed by atoms with Gasteiger partial charge in [0, 0.05) is 9.13 Å². The van der Waals surface area contributed by atoms with Crippen LogP contribution in [0.3, 0.4) is 0 Å². The van der Waals surface area contributed by atoms with Crippen LogP contribution in [0.25, 0.3) is 0 Å². The fourth-order valence-electron chi connectivity index (χ4n) is 1.62. The number of halogens is 1. The van der Waals surface area contributed by atoms with Crippen LogP contribution in [0.15, 0.2) is 53.6 Å². The molecule has 0 radical (unpaired) electrons. The zero-order valence-electron chi connectivity index (χ0n) is 10.6. The average Bonchev–Trinajstić information content (AvgIpc) is 2.44. The standard InChI is InChI=1S/C15H13IN2O2/c16-13-6-7-14(19)12(9-13)10-17-18-15(20)8-11-4-2-1-3-5-11/h1-7,9-10,19H,8H2,(H,18,20). The van der Waals surface area contributed by atoms with Gasteiger partial charge in [-0.25, -0.2) is 5.43 Å². The number of amides is 1. The van der Waals surface area contributed by atoms with Gasteiger partial charge in [-0.3, -0.25) is 4.79 Å². The fourth-order valence-corrected chi connectivity index (χ4v) is 2.14. The minimum Gasteiger partial charge on any atom is -0.507 e. The number of nitrogens with one attached hydrogen (secondary N) is 1. The number of benzene rings is 2. The predicted octanol–water partition coefficient (Wildman–Crippen LogP) is 2.69. The Morgan fingerprint density at radius 2 is 2.00 bits per heavy atom. The molecule has 2 aromatic carbocycles. The van der Waals surface area contributed by atoms with Crippen molar-refractivity contribution in [1.29, 1.82) is 0 Å². The molecule has 4 nitrogen and oxygen atoms in total. The van der Waals surface area contributed by atoms with Crippen LogP contribution in [0, 0.1) is 3.57 Å². The van der Waals surface area contributed by atoms with Crippen molar-refractivity contribution in [3.63, 3.8) is 0 Å². The monoisotopic (exact) mass is 380 g/mol. The van der Waals surface area contributed by atoms with Crippen LogP contribution >= 0.6 is 22.6 Å². The number of rotatable bonds is 4. The number of nitrogens with zero attached hydrogens (tertiary/aromatic N) is 1. The molecule has 0 heterocycles. The van der Waals surface area contributed by atoms with E-state index in [0.717, 1.165) is 9.13 Å². The maximum atomic E-state index is 11.7. The molecule has 1 amide bonds. The van der Waals surface area contributed by atoms with Crippen LogP contribution < -0.4 is 5.43 Å². The third kappa shape index (κ3) is 4.34. The van der Waals surface area contributed by atoms with E-state index in [1.807, 2.05) is 30.3 Å². The minimum atomic E-state index is -0.197. The largest absolute Gasteiger partial charge is 0.507 e. The maximum Gasteiger partial charge on any atom is 0.244 e. The zero-order chi connectivity index (χ0) is 14.4. The van der Waals surface area contributed by atoms with Gasteiger partial charge >= 0.3 is 0 Å². The van der Waals surface area contributed by atoms with Crippen molar-refractivity contribution in [2.24, 2.45) is 5.10 Å². The first kappa shape index (κ1) is 14.5. The molecule has 20 heavy (non-hydrogen) atoms. The molecule has 0 aliphatic heterocycles. The van der Waals surface area contributed by atoms with Crippen LogP contribution in [-0.4, -0.2) is 17.2 Å². The molecule has 102 valence electrons. The summed E-state index contributed by atoms with van der Waals surface area (Å²) in [5, 5.41) is 13.5. The first-order valence-corrected chi connectivity index (χ1v) is 7.07. The Kier molecular flexibility index (Phi) is 5.11. The molecule has 0 aromatic heterocycles. The molecule has 2 rings (SSSR count). The predicted molar refractivity (Wildman–Crippen MR) is 86.7 cm³/mol. The summed E-state index contributed by atoms with van der Waals surface area (Å²) in [5.41, 5.74) is 3.94. The first-order valence-electron chi connectivity index (χ1n) is 5.99. The summed E-state index contributed by atoms with van der Waals surface area (Å²) in [4.78, 5) is 11.7. The van der Waals surface area contributed by atoms with Crippen molar-refractivity contribution in [2.45, 2.75) is 6.42 Å². The Hall–Kier alpha value is -1.89. The number of carbonyl (C=O) groups is 1. The van der Waals surface area contributed by atoms with Gasteiger partial charge in [0.1, 0.15) is 5.75 Å². The number of hydrogen-bond donors (Lipinski definition) is 2. The second-order valence-electron chi connectivity index (χ2n) is 4.16. The van der Waals surface area contributed by atoms with E-state index in [1.165, 1.54) is 6.21 Å². The molecule has 0 atom stereocenters. The fraction of sp³-hybridized carbons (Fsp3) is 0.0667. The van der Waals surface area contributed by atoms with E-state index in [9.17, 15) is 9.90 Å². The van der Waals surface area contributed by atoms with Crippen LogP contribution in [0.5, 0.6) is 5.75 Å². The van der Waals surface area contributed by atoms with Crippen molar-refractivity contribution in [2.75, 3.05) is 0 Å². The van der Waals surface area contributed by atoms with Gasteiger partial charge in [-0.15, -0.1) is 0 Å². The van der Waals surface area contributed by atoms with Gasteiger partial charge in [0.15, 0.2) is 0 Å². The lowest BCUT2D eigenvalue weighted by molar-refractivity contribution is -0.120. The highest BCUT2D eigenvalue weighted by Gasteiger charge is 2.02. The topological polar surface area (TPSA) is 61.7 Å². The third-order valence-electron chi connectivity index (χ3n) is 2.59. The molecule has 0 aliphatic rings. The lowest BCUT2D eigenvalue weighted by Crippen LogP contribution is -2.19. The number of phenols is 1. The molecule has 0 aliphatic carbocycles. The number of hydrogen-bond acceptors (Lipinski definition) is 3. The lowest BCUT2D eigenvalue weighted by Gasteiger charge is -2.01. The first-order chi connectivity index (χ1) is 9.65. The Morgan fingerprint density at radius 1 is 1.25 bits per heavy atom. The normalized spacial score (nSPS) is 10.7. The van der Waals surface area contributed by atoms with Gasteiger partial charge in [-0.05, 0) is 46.4 Å². The van der Waals surface area contributed by atoms with E-state index in [4.69, 9.17) is 0 Å². The van der Waals surface area contributed by atoms with E-state index in [0.29, 0.717) is 5.56 Å². The summed E-state index contributed by atoms with van der Waals surface area (Å²) in [6.07, 6.45) is 1.71. The number of phenolic OH excluding ortho intramolecular Hbond substituents is 1. The van der Waals surface area contributed by atoms with Crippen molar-refractivity contribution in [3.05, 3.63) is 63.2 Å². The quantitative estimate of drug-likeness (QED) is 0.487. The summed E-state index contributed by atoms with van der Waals surface area (Å²) >= 11 is 2.14. The second kappa shape index (κ2) is 7.04. The van der Waals surface area contributed by atoms with Gasteiger partial charge in [-0.1, -0.05) is 30.3 Å². The Labute approximate surface area is 130 Å². The van der Waals surface area contributed by atoms with Crippen LogP contribution in [-0.2, 0) is 11.2 Å². The molecule has 0 spiro atoms. The van der Waals surface area contributed by atoms with Crippen molar-refractivity contribution in [3.8, 4) is 5.75 Å². The molecular formula is C15H13IN2O2. The van der Waals surface area contributed by atoms with E-state index < -0.39 is 0 Å². The van der Waals surface area contributed by atoms with Gasteiger partial charge in [0.05, 0.1) is 12.6 Å². The lowest BCUT2D eigenvalue weighted by atomic mass is 10.1. The highest BCUT2D eigenvalue weighted by molar-refractivity contribution is 14.1.